The van der Waals surface area contributed by atoms with Crippen LogP contribution in [0.4, 0.5) is 0 Å². The molecule has 0 atom stereocenters. The lowest BCUT2D eigenvalue weighted by Crippen LogP contribution is -2.15. The lowest BCUT2D eigenvalue weighted by Gasteiger charge is -2.09. The van der Waals surface area contributed by atoms with Gasteiger partial charge in [0.05, 0.1) is 132 Å². The molecule has 0 aromatic heterocycles. The zero-order valence-electron chi connectivity index (χ0n) is 33.8. The fraction of sp³-hybridized carbons (Fsp3) is 0.721. The van der Waals surface area contributed by atoms with E-state index in [4.69, 9.17) is 56.8 Å². The Bertz CT molecular complexity index is 1030. The van der Waals surface area contributed by atoms with Gasteiger partial charge in [0.15, 0.2) is 0 Å². The number of hydrogen-bond acceptors (Lipinski definition) is 12. The van der Waals surface area contributed by atoms with E-state index in [1.54, 1.807) is 0 Å². The molecular weight excluding hydrogens is 708 g/mol. The molecule has 12 heteroatoms. The molecule has 0 heterocycles. The van der Waals surface area contributed by atoms with Crippen molar-refractivity contribution in [2.45, 2.75) is 58.3 Å². The SMILES string of the molecule is CCCCCCCCCc1ccc(OCCOCCOCCOCCOCCOCCOCCOCCOCCOCCOCCOc2ccccc2)cc1. The first-order chi connectivity index (χ1) is 27.4. The molecule has 12 nitrogen and oxygen atoms in total. The second-order valence-electron chi connectivity index (χ2n) is 12.6. The largest absolute Gasteiger partial charge is 0.491 e. The smallest absolute Gasteiger partial charge is 0.119 e. The average Bonchev–Trinajstić information content (AvgIpc) is 3.21. The van der Waals surface area contributed by atoms with Crippen molar-refractivity contribution in [2.24, 2.45) is 0 Å². The molecule has 2 aromatic rings. The van der Waals surface area contributed by atoms with Gasteiger partial charge in [0.25, 0.3) is 0 Å². The first kappa shape index (κ1) is 48.8. The number of aryl methyl sites for hydroxylation is 1. The van der Waals surface area contributed by atoms with Gasteiger partial charge < -0.3 is 56.8 Å². The van der Waals surface area contributed by atoms with Crippen LogP contribution in [0, 0.1) is 0 Å². The summed E-state index contributed by atoms with van der Waals surface area (Å²) in [6.07, 6.45) is 10.5. The van der Waals surface area contributed by atoms with Crippen LogP contribution in [0.5, 0.6) is 11.5 Å². The monoisotopic (exact) mass is 781 g/mol. The van der Waals surface area contributed by atoms with Gasteiger partial charge in [-0.1, -0.05) is 75.8 Å². The van der Waals surface area contributed by atoms with Crippen LogP contribution in [0.15, 0.2) is 54.6 Å². The minimum Gasteiger partial charge on any atom is -0.491 e. The Hall–Kier alpha value is -2.36. The second-order valence-corrected chi connectivity index (χ2v) is 12.6. The predicted molar refractivity (Wildman–Crippen MR) is 214 cm³/mol. The van der Waals surface area contributed by atoms with E-state index >= 15 is 0 Å². The summed E-state index contributed by atoms with van der Waals surface area (Å²) in [5.41, 5.74) is 1.38. The highest BCUT2D eigenvalue weighted by Crippen LogP contribution is 2.15. The van der Waals surface area contributed by atoms with Crippen LogP contribution in [-0.2, 0) is 53.8 Å². The van der Waals surface area contributed by atoms with Crippen LogP contribution in [-0.4, -0.2) is 145 Å². The Morgan fingerprint density at radius 3 is 0.927 bits per heavy atom. The molecule has 0 spiro atoms. The lowest BCUT2D eigenvalue weighted by molar-refractivity contribution is -0.0269. The predicted octanol–water partition coefficient (Wildman–Crippen LogP) is 6.60. The molecular formula is C43H72O12. The number of benzene rings is 2. The highest BCUT2D eigenvalue weighted by atomic mass is 16.6. The van der Waals surface area contributed by atoms with Crippen LogP contribution >= 0.6 is 0 Å². The molecule has 316 valence electrons. The van der Waals surface area contributed by atoms with E-state index in [0.29, 0.717) is 145 Å². The second kappa shape index (κ2) is 39.9. The van der Waals surface area contributed by atoms with E-state index in [9.17, 15) is 0 Å². The van der Waals surface area contributed by atoms with Gasteiger partial charge in [-0.15, -0.1) is 0 Å². The summed E-state index contributed by atoms with van der Waals surface area (Å²) in [5, 5.41) is 0. The van der Waals surface area contributed by atoms with Crippen molar-refractivity contribution < 1.29 is 56.8 Å². The molecule has 0 saturated carbocycles. The van der Waals surface area contributed by atoms with Crippen LogP contribution in [0.2, 0.25) is 0 Å². The van der Waals surface area contributed by atoms with Gasteiger partial charge >= 0.3 is 0 Å². The maximum absolute atomic E-state index is 5.79. The van der Waals surface area contributed by atoms with Crippen LogP contribution < -0.4 is 9.47 Å². The normalized spacial score (nSPS) is 11.4. The van der Waals surface area contributed by atoms with Gasteiger partial charge in [0.2, 0.25) is 0 Å². The molecule has 0 unspecified atom stereocenters. The molecule has 2 aromatic carbocycles. The van der Waals surface area contributed by atoms with E-state index in [2.05, 4.69) is 31.2 Å². The molecule has 0 aliphatic heterocycles. The standard InChI is InChI=1S/C43H72O12/c1-2-3-4-5-6-7-9-12-41-15-17-43(18-16-41)55-40-38-53-36-34-51-32-30-49-28-26-47-24-22-45-20-19-44-21-23-46-25-27-48-29-31-50-33-35-52-37-39-54-42-13-10-8-11-14-42/h8,10-11,13-18H,2-7,9,12,19-40H2,1H3. The topological polar surface area (TPSA) is 111 Å². The van der Waals surface area contributed by atoms with Gasteiger partial charge in [-0.05, 0) is 42.7 Å². The minimum absolute atomic E-state index is 0.511. The van der Waals surface area contributed by atoms with E-state index in [0.717, 1.165) is 17.9 Å². The Kier molecular flexibility index (Phi) is 35.4. The van der Waals surface area contributed by atoms with Crippen LogP contribution in [0.25, 0.3) is 0 Å². The van der Waals surface area contributed by atoms with E-state index in [1.807, 2.05) is 30.3 Å². The molecule has 2 rings (SSSR count). The van der Waals surface area contributed by atoms with Crippen molar-refractivity contribution in [3.05, 3.63) is 60.2 Å². The Morgan fingerprint density at radius 2 is 0.582 bits per heavy atom. The molecule has 0 aliphatic carbocycles. The molecule has 0 radical (unpaired) electrons. The fourth-order valence-corrected chi connectivity index (χ4v) is 5.07. The third kappa shape index (κ3) is 33.5. The summed E-state index contributed by atoms with van der Waals surface area (Å²) in [6, 6.07) is 18.1. The number of rotatable bonds is 43. The Balaban J connectivity index is 1.16. The molecule has 0 amide bonds. The third-order valence-electron chi connectivity index (χ3n) is 8.08. The zero-order chi connectivity index (χ0) is 38.8. The zero-order valence-corrected chi connectivity index (χ0v) is 33.8. The highest BCUT2D eigenvalue weighted by Gasteiger charge is 2.00. The van der Waals surface area contributed by atoms with Gasteiger partial charge in [0, 0.05) is 0 Å². The number of para-hydroxylation sites is 1. The van der Waals surface area contributed by atoms with Crippen LogP contribution in [0.1, 0.15) is 57.4 Å². The molecule has 0 fully saturated rings. The highest BCUT2D eigenvalue weighted by molar-refractivity contribution is 5.27. The van der Waals surface area contributed by atoms with Crippen molar-refractivity contribution in [2.75, 3.05) is 145 Å². The van der Waals surface area contributed by atoms with Crippen molar-refractivity contribution >= 4 is 0 Å². The van der Waals surface area contributed by atoms with Crippen molar-refractivity contribution in [1.29, 1.82) is 0 Å². The maximum atomic E-state index is 5.79. The number of unbranched alkanes of at least 4 members (excludes halogenated alkanes) is 6. The van der Waals surface area contributed by atoms with Crippen molar-refractivity contribution in [3.63, 3.8) is 0 Å². The molecule has 55 heavy (non-hydrogen) atoms. The molecule has 0 N–H and O–H groups in total. The van der Waals surface area contributed by atoms with Gasteiger partial charge in [0.1, 0.15) is 24.7 Å². The summed E-state index contributed by atoms with van der Waals surface area (Å²) in [5.74, 6) is 1.73. The Labute approximate surface area is 331 Å². The first-order valence-electron chi connectivity index (χ1n) is 20.6. The lowest BCUT2D eigenvalue weighted by atomic mass is 10.0. The molecule has 0 aliphatic rings. The van der Waals surface area contributed by atoms with Crippen molar-refractivity contribution in [3.8, 4) is 11.5 Å². The summed E-state index contributed by atoms with van der Waals surface area (Å²) in [4.78, 5) is 0. The van der Waals surface area contributed by atoms with Crippen molar-refractivity contribution in [1.82, 2.24) is 0 Å². The van der Waals surface area contributed by atoms with Gasteiger partial charge in [-0.2, -0.15) is 0 Å². The number of hydrogen-bond donors (Lipinski definition) is 0. The summed E-state index contributed by atoms with van der Waals surface area (Å²) in [7, 11) is 0. The van der Waals surface area contributed by atoms with E-state index in [-0.39, 0.29) is 0 Å². The average molecular weight is 781 g/mol. The third-order valence-corrected chi connectivity index (χ3v) is 8.08. The van der Waals surface area contributed by atoms with Gasteiger partial charge in [-0.25, -0.2) is 0 Å². The first-order valence-corrected chi connectivity index (χ1v) is 20.6. The van der Waals surface area contributed by atoms with Crippen LogP contribution in [0.3, 0.4) is 0 Å². The van der Waals surface area contributed by atoms with E-state index < -0.39 is 0 Å². The Morgan fingerprint density at radius 1 is 0.291 bits per heavy atom. The summed E-state index contributed by atoms with van der Waals surface area (Å²) >= 11 is 0. The summed E-state index contributed by atoms with van der Waals surface area (Å²) < 4.78 is 66.6. The fourth-order valence-electron chi connectivity index (χ4n) is 5.07. The summed E-state index contributed by atoms with van der Waals surface area (Å²) in [6.45, 7) is 13.7. The maximum Gasteiger partial charge on any atom is 0.119 e. The number of ether oxygens (including phenoxy) is 12. The quantitative estimate of drug-likeness (QED) is 0.0677. The molecule has 0 saturated heterocycles. The minimum atomic E-state index is 0.511. The molecule has 0 bridgehead atoms. The van der Waals surface area contributed by atoms with Gasteiger partial charge in [-0.3, -0.25) is 0 Å². The van der Waals surface area contributed by atoms with E-state index in [1.165, 1.54) is 50.5 Å².